The predicted molar refractivity (Wildman–Crippen MR) is 38.0 cm³/mol. The molecule has 0 saturated heterocycles. The minimum atomic E-state index is -1.24. The van der Waals surface area contributed by atoms with E-state index in [4.69, 9.17) is 2.64 Å². The third-order valence-electron chi connectivity index (χ3n) is 1.13. The Morgan fingerprint density at radius 3 is 2.73 bits per heavy atom. The van der Waals surface area contributed by atoms with Crippen LogP contribution < -0.4 is 29.6 Å². The third kappa shape index (κ3) is 11.8. The van der Waals surface area contributed by atoms with E-state index in [1.54, 1.807) is 0 Å². The van der Waals surface area contributed by atoms with Crippen LogP contribution in [0.5, 0.6) is 0 Å². The number of hydrogen-bond acceptors (Lipinski definition) is 3. The normalized spacial score (nSPS) is 7.82. The van der Waals surface area contributed by atoms with E-state index in [0.29, 0.717) is 0 Å². The molecule has 0 aliphatic carbocycles. The SMILES string of the molecule is CCC[CH2][Hg][O]C(=O)C[S-].[Na+]. The minimum Gasteiger partial charge on any atom is 1.00 e. The largest absolute Gasteiger partial charge is 1.00 e. The fourth-order valence-electron chi connectivity index (χ4n) is 0.580. The average molecular weight is 371 g/mol. The van der Waals surface area contributed by atoms with Gasteiger partial charge in [-0.15, -0.1) is 0 Å². The zero-order valence-electron chi connectivity index (χ0n) is 7.26. The first-order chi connectivity index (χ1) is 4.81. The van der Waals surface area contributed by atoms with Gasteiger partial charge in [0.1, 0.15) is 0 Å². The van der Waals surface area contributed by atoms with Gasteiger partial charge in [0.25, 0.3) is 0 Å². The zero-order valence-corrected chi connectivity index (χ0v) is 15.6. The molecule has 0 N–H and O–H groups in total. The van der Waals surface area contributed by atoms with Crippen LogP contribution in [0.4, 0.5) is 0 Å². The van der Waals surface area contributed by atoms with Crippen molar-refractivity contribution in [2.24, 2.45) is 0 Å². The second kappa shape index (κ2) is 11.8. The third-order valence-corrected chi connectivity index (χ3v) is 6.48. The van der Waals surface area contributed by atoms with Crippen molar-refractivity contribution in [2.75, 3.05) is 5.75 Å². The molecule has 0 spiro atoms. The van der Waals surface area contributed by atoms with E-state index in [9.17, 15) is 4.79 Å². The molecule has 0 aromatic carbocycles. The van der Waals surface area contributed by atoms with Crippen LogP contribution in [0.3, 0.4) is 0 Å². The fraction of sp³-hybridized carbons (Fsp3) is 0.833. The molecule has 0 atom stereocenters. The van der Waals surface area contributed by atoms with Crippen molar-refractivity contribution in [3.63, 3.8) is 0 Å². The van der Waals surface area contributed by atoms with Crippen molar-refractivity contribution < 1.29 is 62.0 Å². The van der Waals surface area contributed by atoms with Crippen LogP contribution in [0.1, 0.15) is 19.8 Å². The van der Waals surface area contributed by atoms with Gasteiger partial charge in [-0.05, 0) is 0 Å². The second-order valence-electron chi connectivity index (χ2n) is 2.07. The Balaban J connectivity index is 0. The van der Waals surface area contributed by atoms with Crippen LogP contribution in [0, 0.1) is 0 Å². The number of carbonyl (C=O) groups excluding carboxylic acids is 1. The quantitative estimate of drug-likeness (QED) is 0.328. The summed E-state index contributed by atoms with van der Waals surface area (Å²) in [5, 5.41) is 0. The zero-order chi connectivity index (χ0) is 7.82. The van der Waals surface area contributed by atoms with Gasteiger partial charge in [-0.1, -0.05) is 0 Å². The van der Waals surface area contributed by atoms with Crippen LogP contribution in [0.25, 0.3) is 0 Å². The maximum atomic E-state index is 10.5. The van der Waals surface area contributed by atoms with Gasteiger partial charge in [-0.2, -0.15) is 0 Å². The maximum Gasteiger partial charge on any atom is 1.00 e. The summed E-state index contributed by atoms with van der Waals surface area (Å²) < 4.78 is 6.15. The van der Waals surface area contributed by atoms with Gasteiger partial charge in [0.15, 0.2) is 0 Å². The topological polar surface area (TPSA) is 26.3 Å². The molecular formula is C6H11HgNaO2S. The molecule has 0 amide bonds. The van der Waals surface area contributed by atoms with Gasteiger partial charge in [-0.25, -0.2) is 0 Å². The van der Waals surface area contributed by atoms with Gasteiger partial charge >= 0.3 is 110 Å². The fourth-order valence-corrected chi connectivity index (χ4v) is 5.82. The van der Waals surface area contributed by atoms with Gasteiger partial charge in [0, 0.05) is 0 Å². The first-order valence-corrected chi connectivity index (χ1v) is 10.3. The van der Waals surface area contributed by atoms with Crippen molar-refractivity contribution in [2.45, 2.75) is 23.7 Å². The molecule has 0 aliphatic rings. The van der Waals surface area contributed by atoms with Crippen molar-refractivity contribution >= 4 is 18.6 Å². The van der Waals surface area contributed by atoms with Crippen LogP contribution in [0.2, 0.25) is 3.93 Å². The molecule has 0 bridgehead atoms. The molecular weight excluding hydrogens is 360 g/mol. The first-order valence-electron chi connectivity index (χ1n) is 3.55. The summed E-state index contributed by atoms with van der Waals surface area (Å²) in [6.45, 7) is 2.14. The van der Waals surface area contributed by atoms with Gasteiger partial charge in [0.2, 0.25) is 0 Å². The maximum absolute atomic E-state index is 10.5. The predicted octanol–water partition coefficient (Wildman–Crippen LogP) is -1.70. The van der Waals surface area contributed by atoms with Crippen LogP contribution in [-0.2, 0) is 45.1 Å². The Morgan fingerprint density at radius 1 is 1.64 bits per heavy atom. The Bertz CT molecular complexity index is 103. The molecule has 0 aromatic rings. The van der Waals surface area contributed by atoms with E-state index < -0.39 is 25.0 Å². The Hall–Kier alpha value is 1.76. The Morgan fingerprint density at radius 2 is 2.27 bits per heavy atom. The molecule has 0 radical (unpaired) electrons. The number of rotatable bonds is 5. The van der Waals surface area contributed by atoms with E-state index in [2.05, 4.69) is 19.6 Å². The van der Waals surface area contributed by atoms with Crippen molar-refractivity contribution in [3.05, 3.63) is 0 Å². The van der Waals surface area contributed by atoms with E-state index in [0.717, 1.165) is 0 Å². The minimum absolute atomic E-state index is 0. The molecule has 11 heavy (non-hydrogen) atoms. The summed E-state index contributed by atoms with van der Waals surface area (Å²) in [4.78, 5) is 10.5. The summed E-state index contributed by atoms with van der Waals surface area (Å²) in [5.41, 5.74) is 0. The smallest absolute Gasteiger partial charge is 1.00 e. The van der Waals surface area contributed by atoms with E-state index in [1.165, 1.54) is 16.8 Å². The van der Waals surface area contributed by atoms with E-state index >= 15 is 0 Å². The summed E-state index contributed by atoms with van der Waals surface area (Å²) in [7, 11) is 0. The van der Waals surface area contributed by atoms with Crippen molar-refractivity contribution in [1.29, 1.82) is 0 Å². The van der Waals surface area contributed by atoms with Crippen LogP contribution in [0.15, 0.2) is 0 Å². The number of carbonyl (C=O) groups is 1. The number of hydrogen-bond donors (Lipinski definition) is 0. The number of unbranched alkanes of at least 4 members (excludes halogenated alkanes) is 1. The van der Waals surface area contributed by atoms with Gasteiger partial charge < -0.3 is 0 Å². The summed E-state index contributed by atoms with van der Waals surface area (Å²) >= 11 is 3.28. The second-order valence-corrected chi connectivity index (χ2v) is 7.82. The van der Waals surface area contributed by atoms with Crippen LogP contribution in [-0.4, -0.2) is 11.7 Å². The molecule has 5 heteroatoms. The average Bonchev–Trinajstić information content (AvgIpc) is 1.98. The molecule has 0 fully saturated rings. The molecule has 56 valence electrons. The van der Waals surface area contributed by atoms with E-state index in [-0.39, 0.29) is 41.3 Å². The Kier molecular flexibility index (Phi) is 16.3. The standard InChI is InChI=1S/C4H9.C2H4O2S.Hg.Na/c1-3-4-2;3-2(4)1-5;;/h1,3-4H2,2H3;5H,1H2,(H,3,4);;/q;;2*+1/p-2. The van der Waals surface area contributed by atoms with Crippen molar-refractivity contribution in [1.82, 2.24) is 0 Å². The molecule has 2 nitrogen and oxygen atoms in total. The summed E-state index contributed by atoms with van der Waals surface area (Å²) in [6.07, 6.45) is 2.41. The summed E-state index contributed by atoms with van der Waals surface area (Å²) in [5.74, 6) is -0.0423. The summed E-state index contributed by atoms with van der Waals surface area (Å²) in [6, 6.07) is 0. The van der Waals surface area contributed by atoms with Gasteiger partial charge in [0.05, 0.1) is 0 Å². The molecule has 0 saturated carbocycles. The molecule has 0 aliphatic heterocycles. The van der Waals surface area contributed by atoms with E-state index in [1.807, 2.05) is 0 Å². The molecule has 0 unspecified atom stereocenters. The van der Waals surface area contributed by atoms with Crippen LogP contribution >= 0.6 is 0 Å². The first kappa shape index (κ1) is 15.2. The Labute approximate surface area is 109 Å². The monoisotopic (exact) mass is 372 g/mol. The molecule has 0 heterocycles. The molecule has 0 rings (SSSR count). The van der Waals surface area contributed by atoms with Gasteiger partial charge in [-0.3, -0.25) is 0 Å². The van der Waals surface area contributed by atoms with Crippen molar-refractivity contribution in [3.8, 4) is 0 Å². The molecule has 0 aromatic heterocycles.